The maximum atomic E-state index is 13.0. The Morgan fingerprint density at radius 1 is 1.04 bits per heavy atom. The van der Waals surface area contributed by atoms with Crippen LogP contribution in [-0.4, -0.2) is 15.6 Å². The monoisotopic (exact) mass is 329 g/mol. The second-order valence-electron chi connectivity index (χ2n) is 5.76. The van der Waals surface area contributed by atoms with E-state index < -0.39 is 29.0 Å². The van der Waals surface area contributed by atoms with E-state index in [9.17, 15) is 17.6 Å². The summed E-state index contributed by atoms with van der Waals surface area (Å²) in [5.74, 6) is -1.07. The van der Waals surface area contributed by atoms with Gasteiger partial charge in [0.2, 0.25) is 11.8 Å². The van der Waals surface area contributed by atoms with E-state index >= 15 is 0 Å². The first-order chi connectivity index (χ1) is 10.5. The summed E-state index contributed by atoms with van der Waals surface area (Å²) in [6, 6.07) is 5.25. The molecule has 0 spiro atoms. The van der Waals surface area contributed by atoms with Gasteiger partial charge in [0.1, 0.15) is 17.0 Å². The largest absolute Gasteiger partial charge is 0.471 e. The van der Waals surface area contributed by atoms with E-state index in [1.165, 1.54) is 24.3 Å². The SMILES string of the molecule is CC(C)(C)Oc1nc(Nc2ccc(F)cc2)ncc1C(F)(F)F. The Labute approximate surface area is 130 Å². The number of nitrogens with one attached hydrogen (secondary N) is 1. The molecule has 0 saturated carbocycles. The van der Waals surface area contributed by atoms with Crippen LogP contribution in [0.15, 0.2) is 30.5 Å². The number of nitrogens with zero attached hydrogens (tertiary/aromatic N) is 2. The molecule has 0 aliphatic rings. The van der Waals surface area contributed by atoms with Gasteiger partial charge < -0.3 is 10.1 Å². The van der Waals surface area contributed by atoms with Crippen molar-refractivity contribution in [1.82, 2.24) is 9.97 Å². The van der Waals surface area contributed by atoms with Crippen LogP contribution in [0.1, 0.15) is 26.3 Å². The number of ether oxygens (including phenoxy) is 1. The highest BCUT2D eigenvalue weighted by atomic mass is 19.4. The lowest BCUT2D eigenvalue weighted by Gasteiger charge is -2.23. The number of halogens is 4. The van der Waals surface area contributed by atoms with Crippen LogP contribution in [0, 0.1) is 5.82 Å². The van der Waals surface area contributed by atoms with Crippen molar-refractivity contribution in [2.24, 2.45) is 0 Å². The third kappa shape index (κ3) is 4.80. The van der Waals surface area contributed by atoms with E-state index in [4.69, 9.17) is 4.74 Å². The molecular formula is C15H15F4N3O. The second kappa shape index (κ2) is 6.02. The summed E-state index contributed by atoms with van der Waals surface area (Å²) in [5.41, 5.74) is -1.48. The van der Waals surface area contributed by atoms with Crippen molar-refractivity contribution in [3.63, 3.8) is 0 Å². The summed E-state index contributed by atoms with van der Waals surface area (Å²) >= 11 is 0. The molecule has 0 radical (unpaired) electrons. The van der Waals surface area contributed by atoms with Gasteiger partial charge in [-0.15, -0.1) is 0 Å². The Kier molecular flexibility index (Phi) is 4.44. The third-order valence-corrected chi connectivity index (χ3v) is 2.56. The molecule has 0 bridgehead atoms. The first-order valence-corrected chi connectivity index (χ1v) is 6.70. The number of anilines is 2. The lowest BCUT2D eigenvalue weighted by Crippen LogP contribution is -2.26. The molecule has 0 aliphatic heterocycles. The molecule has 1 heterocycles. The molecule has 0 amide bonds. The molecule has 23 heavy (non-hydrogen) atoms. The molecule has 8 heteroatoms. The average Bonchev–Trinajstić information content (AvgIpc) is 2.38. The Morgan fingerprint density at radius 2 is 1.65 bits per heavy atom. The highest BCUT2D eigenvalue weighted by Gasteiger charge is 2.37. The lowest BCUT2D eigenvalue weighted by atomic mass is 10.2. The van der Waals surface area contributed by atoms with E-state index in [0.29, 0.717) is 11.9 Å². The number of alkyl halides is 3. The van der Waals surface area contributed by atoms with Gasteiger partial charge in [0.25, 0.3) is 0 Å². The van der Waals surface area contributed by atoms with E-state index in [0.717, 1.165) is 0 Å². The van der Waals surface area contributed by atoms with Crippen LogP contribution in [0.4, 0.5) is 29.2 Å². The van der Waals surface area contributed by atoms with Gasteiger partial charge in [-0.05, 0) is 45.0 Å². The summed E-state index contributed by atoms with van der Waals surface area (Å²) < 4.78 is 57.2. The molecule has 0 atom stereocenters. The first kappa shape index (κ1) is 17.0. The summed E-state index contributed by atoms with van der Waals surface area (Å²) in [4.78, 5) is 7.42. The van der Waals surface area contributed by atoms with Crippen LogP contribution in [0.3, 0.4) is 0 Å². The van der Waals surface area contributed by atoms with Gasteiger partial charge in [-0.1, -0.05) is 0 Å². The summed E-state index contributed by atoms with van der Waals surface area (Å²) in [5, 5.41) is 2.70. The maximum Gasteiger partial charge on any atom is 0.423 e. The van der Waals surface area contributed by atoms with Crippen molar-refractivity contribution in [1.29, 1.82) is 0 Å². The van der Waals surface area contributed by atoms with E-state index in [1.807, 2.05) is 0 Å². The maximum absolute atomic E-state index is 13.0. The number of rotatable bonds is 3. The van der Waals surface area contributed by atoms with Crippen molar-refractivity contribution in [2.45, 2.75) is 32.5 Å². The fourth-order valence-electron chi connectivity index (χ4n) is 1.65. The van der Waals surface area contributed by atoms with Crippen molar-refractivity contribution < 1.29 is 22.3 Å². The lowest BCUT2D eigenvalue weighted by molar-refractivity contribution is -0.140. The average molecular weight is 329 g/mol. The summed E-state index contributed by atoms with van der Waals surface area (Å²) in [6.45, 7) is 4.84. The molecule has 1 aromatic carbocycles. The van der Waals surface area contributed by atoms with Gasteiger partial charge in [-0.3, -0.25) is 0 Å². The fraction of sp³-hybridized carbons (Fsp3) is 0.333. The fourth-order valence-corrected chi connectivity index (χ4v) is 1.65. The van der Waals surface area contributed by atoms with Crippen molar-refractivity contribution in [3.8, 4) is 5.88 Å². The van der Waals surface area contributed by atoms with Crippen molar-refractivity contribution in [3.05, 3.63) is 41.8 Å². The highest BCUT2D eigenvalue weighted by molar-refractivity contribution is 5.53. The normalized spacial score (nSPS) is 12.1. The van der Waals surface area contributed by atoms with Gasteiger partial charge in [-0.2, -0.15) is 18.2 Å². The van der Waals surface area contributed by atoms with Gasteiger partial charge in [-0.25, -0.2) is 9.37 Å². The smallest absolute Gasteiger partial charge is 0.423 e. The Balaban J connectivity index is 2.35. The predicted molar refractivity (Wildman–Crippen MR) is 77.1 cm³/mol. The number of benzene rings is 1. The minimum atomic E-state index is -4.63. The molecule has 0 saturated heterocycles. The highest BCUT2D eigenvalue weighted by Crippen LogP contribution is 2.36. The standard InChI is InChI=1S/C15H15F4N3O/c1-14(2,3)23-12-11(15(17,18)19)8-20-13(22-12)21-10-6-4-9(16)5-7-10/h4-8H,1-3H3,(H,20,21,22). The van der Waals surface area contributed by atoms with Gasteiger partial charge in [0.05, 0.1) is 0 Å². The van der Waals surface area contributed by atoms with Crippen LogP contribution in [-0.2, 0) is 6.18 Å². The molecule has 1 aromatic heterocycles. The zero-order chi connectivity index (χ0) is 17.3. The van der Waals surface area contributed by atoms with Crippen molar-refractivity contribution in [2.75, 3.05) is 5.32 Å². The molecule has 2 rings (SSSR count). The van der Waals surface area contributed by atoms with E-state index in [2.05, 4.69) is 15.3 Å². The van der Waals surface area contributed by atoms with Crippen LogP contribution in [0.25, 0.3) is 0 Å². The molecule has 124 valence electrons. The topological polar surface area (TPSA) is 47.0 Å². The predicted octanol–water partition coefficient (Wildman–Crippen LogP) is 4.56. The molecule has 2 aromatic rings. The Bertz CT molecular complexity index is 679. The number of hydrogen-bond acceptors (Lipinski definition) is 4. The quantitative estimate of drug-likeness (QED) is 0.839. The minimum absolute atomic E-state index is 0.0798. The van der Waals surface area contributed by atoms with E-state index in [1.54, 1.807) is 20.8 Å². The minimum Gasteiger partial charge on any atom is -0.471 e. The van der Waals surface area contributed by atoms with E-state index in [-0.39, 0.29) is 5.95 Å². The number of hydrogen-bond donors (Lipinski definition) is 1. The summed E-state index contributed by atoms with van der Waals surface area (Å²) in [6.07, 6.45) is -3.98. The van der Waals surface area contributed by atoms with Crippen molar-refractivity contribution >= 4 is 11.6 Å². The number of aromatic nitrogens is 2. The van der Waals surface area contributed by atoms with Crippen LogP contribution < -0.4 is 10.1 Å². The Morgan fingerprint density at radius 3 is 2.17 bits per heavy atom. The summed E-state index contributed by atoms with van der Waals surface area (Å²) in [7, 11) is 0. The van der Waals surface area contributed by atoms with Crippen LogP contribution >= 0.6 is 0 Å². The molecule has 4 nitrogen and oxygen atoms in total. The molecule has 0 unspecified atom stereocenters. The van der Waals surface area contributed by atoms with Gasteiger partial charge in [0.15, 0.2) is 0 Å². The van der Waals surface area contributed by atoms with Crippen LogP contribution in [0.2, 0.25) is 0 Å². The zero-order valence-electron chi connectivity index (χ0n) is 12.7. The zero-order valence-corrected chi connectivity index (χ0v) is 12.7. The van der Waals surface area contributed by atoms with Gasteiger partial charge >= 0.3 is 6.18 Å². The molecular weight excluding hydrogens is 314 g/mol. The molecule has 0 aliphatic carbocycles. The Hall–Kier alpha value is -2.38. The van der Waals surface area contributed by atoms with Crippen LogP contribution in [0.5, 0.6) is 5.88 Å². The van der Waals surface area contributed by atoms with Gasteiger partial charge in [0, 0.05) is 11.9 Å². The molecule has 0 fully saturated rings. The second-order valence-corrected chi connectivity index (χ2v) is 5.76. The third-order valence-electron chi connectivity index (χ3n) is 2.56. The first-order valence-electron chi connectivity index (χ1n) is 6.70. The molecule has 1 N–H and O–H groups in total.